The molecule has 68 valence electrons. The fraction of sp³-hybridized carbons (Fsp3) is 0.429. The lowest BCUT2D eigenvalue weighted by molar-refractivity contribution is -0.139. The van der Waals surface area contributed by atoms with Crippen LogP contribution in [0.25, 0.3) is 0 Å². The van der Waals surface area contributed by atoms with E-state index in [4.69, 9.17) is 10.2 Å². The normalized spacial score (nSPS) is 10.1. The predicted octanol–water partition coefficient (Wildman–Crippen LogP) is -0.447. The van der Waals surface area contributed by atoms with E-state index in [1.165, 1.54) is 0 Å². The molecule has 0 rings (SSSR count). The topological polar surface area (TPSA) is 83.8 Å². The first-order valence-electron chi connectivity index (χ1n) is 3.35. The molecule has 0 aromatic carbocycles. The maximum atomic E-state index is 10.6. The Bertz CT molecular complexity index is 184. The number of hydrogen-bond donors (Lipinski definition) is 2. The molecule has 0 atom stereocenters. The minimum absolute atomic E-state index is 0.0596. The van der Waals surface area contributed by atoms with Crippen LogP contribution in [0.2, 0.25) is 0 Å². The maximum absolute atomic E-state index is 10.6. The number of aliphatic carboxylic acids is 1. The molecule has 0 aromatic rings. The summed E-state index contributed by atoms with van der Waals surface area (Å²) >= 11 is 0. The Kier molecular flexibility index (Phi) is 5.64. The lowest BCUT2D eigenvalue weighted by Gasteiger charge is -1.97. The van der Waals surface area contributed by atoms with Gasteiger partial charge in [-0.25, -0.2) is 9.59 Å². The number of rotatable bonds is 5. The summed E-state index contributed by atoms with van der Waals surface area (Å²) in [5.41, 5.74) is 0. The molecule has 0 aliphatic rings. The van der Waals surface area contributed by atoms with Crippen molar-refractivity contribution in [3.8, 4) is 0 Å². The first-order chi connectivity index (χ1) is 5.66. The first-order valence-corrected chi connectivity index (χ1v) is 3.35. The second kappa shape index (κ2) is 6.36. The van der Waals surface area contributed by atoms with Gasteiger partial charge < -0.3 is 14.9 Å². The van der Waals surface area contributed by atoms with Gasteiger partial charge in [-0.3, -0.25) is 0 Å². The number of carbonyl (C=O) groups is 2. The molecule has 0 spiro atoms. The Labute approximate surface area is 69.3 Å². The monoisotopic (exact) mass is 174 g/mol. The molecule has 2 N–H and O–H groups in total. The smallest absolute Gasteiger partial charge is 0.331 e. The van der Waals surface area contributed by atoms with Crippen LogP contribution in [0.1, 0.15) is 6.42 Å². The summed E-state index contributed by atoms with van der Waals surface area (Å²) in [4.78, 5) is 20.5. The molecule has 0 fully saturated rings. The highest BCUT2D eigenvalue weighted by Gasteiger charge is 1.96. The van der Waals surface area contributed by atoms with Crippen LogP contribution in [0, 0.1) is 0 Å². The number of carboxylic acid groups (broad SMARTS) is 1. The standard InChI is InChI=1S/C7H10O5/c8-4-1-5-12-7(11)3-2-6(9)10/h2-3,8H,1,4-5H2,(H,9,10). The van der Waals surface area contributed by atoms with Gasteiger partial charge in [0.15, 0.2) is 0 Å². The Hall–Kier alpha value is -1.36. The highest BCUT2D eigenvalue weighted by atomic mass is 16.5. The summed E-state index contributed by atoms with van der Waals surface area (Å²) in [5, 5.41) is 16.4. The molecule has 5 heteroatoms. The number of aliphatic hydroxyl groups excluding tert-OH is 1. The van der Waals surface area contributed by atoms with Crippen molar-refractivity contribution in [2.24, 2.45) is 0 Å². The minimum atomic E-state index is -1.20. The van der Waals surface area contributed by atoms with E-state index < -0.39 is 11.9 Å². The van der Waals surface area contributed by atoms with Crippen LogP contribution in [0.5, 0.6) is 0 Å². The van der Waals surface area contributed by atoms with Crippen molar-refractivity contribution in [1.29, 1.82) is 0 Å². The minimum Gasteiger partial charge on any atom is -0.478 e. The maximum Gasteiger partial charge on any atom is 0.331 e. The van der Waals surface area contributed by atoms with Crippen molar-refractivity contribution < 1.29 is 24.5 Å². The van der Waals surface area contributed by atoms with Gasteiger partial charge in [0.1, 0.15) is 0 Å². The van der Waals surface area contributed by atoms with E-state index >= 15 is 0 Å². The van der Waals surface area contributed by atoms with Crippen LogP contribution < -0.4 is 0 Å². The second-order valence-corrected chi connectivity index (χ2v) is 1.92. The number of carboxylic acids is 1. The van der Waals surface area contributed by atoms with Crippen molar-refractivity contribution >= 4 is 11.9 Å². The van der Waals surface area contributed by atoms with Crippen LogP contribution in [0.15, 0.2) is 12.2 Å². The van der Waals surface area contributed by atoms with E-state index in [0.717, 1.165) is 6.08 Å². The first kappa shape index (κ1) is 10.6. The molecule has 0 aliphatic carbocycles. The van der Waals surface area contributed by atoms with Gasteiger partial charge in [-0.1, -0.05) is 0 Å². The third-order valence-electron chi connectivity index (χ3n) is 0.909. The van der Waals surface area contributed by atoms with Gasteiger partial charge >= 0.3 is 11.9 Å². The van der Waals surface area contributed by atoms with Crippen LogP contribution in [-0.2, 0) is 14.3 Å². The zero-order valence-electron chi connectivity index (χ0n) is 6.40. The van der Waals surface area contributed by atoms with Crippen molar-refractivity contribution in [3.05, 3.63) is 12.2 Å². The van der Waals surface area contributed by atoms with E-state index in [-0.39, 0.29) is 13.2 Å². The van der Waals surface area contributed by atoms with Crippen LogP contribution in [0.3, 0.4) is 0 Å². The predicted molar refractivity (Wildman–Crippen MR) is 39.4 cm³/mol. The van der Waals surface area contributed by atoms with Gasteiger partial charge in [0.25, 0.3) is 0 Å². The molecule has 0 unspecified atom stereocenters. The molecule has 0 bridgehead atoms. The van der Waals surface area contributed by atoms with Crippen LogP contribution in [-0.4, -0.2) is 35.4 Å². The summed E-state index contributed by atoms with van der Waals surface area (Å²) in [7, 11) is 0. The molecule has 0 amide bonds. The number of carbonyl (C=O) groups excluding carboxylic acids is 1. The average Bonchev–Trinajstić information content (AvgIpc) is 2.01. The molecule has 0 aromatic heterocycles. The van der Waals surface area contributed by atoms with Crippen molar-refractivity contribution in [1.82, 2.24) is 0 Å². The lowest BCUT2D eigenvalue weighted by atomic mass is 10.5. The van der Waals surface area contributed by atoms with Gasteiger partial charge in [0.05, 0.1) is 6.61 Å². The van der Waals surface area contributed by atoms with Crippen molar-refractivity contribution in [2.75, 3.05) is 13.2 Å². The molecular weight excluding hydrogens is 164 g/mol. The van der Waals surface area contributed by atoms with E-state index in [1.54, 1.807) is 0 Å². The highest BCUT2D eigenvalue weighted by Crippen LogP contribution is 1.84. The Morgan fingerprint density at radius 1 is 1.33 bits per heavy atom. The zero-order valence-corrected chi connectivity index (χ0v) is 6.40. The van der Waals surface area contributed by atoms with Gasteiger partial charge in [-0.05, 0) is 0 Å². The molecular formula is C7H10O5. The molecule has 0 heterocycles. The van der Waals surface area contributed by atoms with Gasteiger partial charge in [0.2, 0.25) is 0 Å². The SMILES string of the molecule is O=C(O)C=CC(=O)OCCCO. The Morgan fingerprint density at radius 2 is 2.00 bits per heavy atom. The second-order valence-electron chi connectivity index (χ2n) is 1.92. The van der Waals surface area contributed by atoms with E-state index in [9.17, 15) is 9.59 Å². The van der Waals surface area contributed by atoms with E-state index in [0.29, 0.717) is 12.5 Å². The fourth-order valence-electron chi connectivity index (χ4n) is 0.425. The van der Waals surface area contributed by atoms with Gasteiger partial charge in [-0.2, -0.15) is 0 Å². The van der Waals surface area contributed by atoms with E-state index in [1.807, 2.05) is 0 Å². The molecule has 12 heavy (non-hydrogen) atoms. The van der Waals surface area contributed by atoms with Crippen LogP contribution in [0.4, 0.5) is 0 Å². The lowest BCUT2D eigenvalue weighted by Crippen LogP contribution is -2.04. The van der Waals surface area contributed by atoms with Crippen LogP contribution >= 0.6 is 0 Å². The Balaban J connectivity index is 3.53. The third kappa shape index (κ3) is 6.76. The summed E-state index contributed by atoms with van der Waals surface area (Å²) < 4.78 is 4.48. The fourth-order valence-corrected chi connectivity index (χ4v) is 0.425. The van der Waals surface area contributed by atoms with Crippen molar-refractivity contribution in [2.45, 2.75) is 6.42 Å². The molecule has 0 radical (unpaired) electrons. The highest BCUT2D eigenvalue weighted by molar-refractivity contribution is 5.90. The van der Waals surface area contributed by atoms with Gasteiger partial charge in [0, 0.05) is 25.2 Å². The third-order valence-corrected chi connectivity index (χ3v) is 0.909. The molecule has 5 nitrogen and oxygen atoms in total. The summed E-state index contributed by atoms with van der Waals surface area (Å²) in [6.07, 6.45) is 1.87. The number of esters is 1. The Morgan fingerprint density at radius 3 is 2.50 bits per heavy atom. The molecule has 0 saturated heterocycles. The van der Waals surface area contributed by atoms with E-state index in [2.05, 4.69) is 4.74 Å². The number of ether oxygens (including phenoxy) is 1. The number of aliphatic hydroxyl groups is 1. The quantitative estimate of drug-likeness (QED) is 0.335. The summed E-state index contributed by atoms with van der Waals surface area (Å²) in [6.45, 7) is 0.0369. The zero-order chi connectivity index (χ0) is 9.40. The molecule has 0 aliphatic heterocycles. The van der Waals surface area contributed by atoms with Gasteiger partial charge in [-0.15, -0.1) is 0 Å². The van der Waals surface area contributed by atoms with Crippen molar-refractivity contribution in [3.63, 3.8) is 0 Å². The largest absolute Gasteiger partial charge is 0.478 e. The summed E-state index contributed by atoms with van der Waals surface area (Å²) in [6, 6.07) is 0. The average molecular weight is 174 g/mol. The number of hydrogen-bond acceptors (Lipinski definition) is 4. The molecule has 0 saturated carbocycles. The summed E-state index contributed by atoms with van der Waals surface area (Å²) in [5.74, 6) is -1.92.